The summed E-state index contributed by atoms with van der Waals surface area (Å²) in [6, 6.07) is -0.931. The fourth-order valence-corrected chi connectivity index (χ4v) is 2.14. The van der Waals surface area contributed by atoms with Crippen molar-refractivity contribution in [2.75, 3.05) is 7.05 Å². The summed E-state index contributed by atoms with van der Waals surface area (Å²) in [4.78, 5) is 19.3. The quantitative estimate of drug-likeness (QED) is 0.586. The van der Waals surface area contributed by atoms with Crippen LogP contribution >= 0.6 is 0 Å². The number of hydrogen-bond acceptors (Lipinski definition) is 5. The van der Waals surface area contributed by atoms with Gasteiger partial charge in [0.2, 0.25) is 0 Å². The summed E-state index contributed by atoms with van der Waals surface area (Å²) in [5, 5.41) is 14.1. The Morgan fingerprint density at radius 1 is 1.62 bits per heavy atom. The molecule has 0 saturated heterocycles. The van der Waals surface area contributed by atoms with Crippen molar-refractivity contribution in [2.24, 2.45) is 0 Å². The van der Waals surface area contributed by atoms with E-state index in [1.807, 2.05) is 0 Å². The van der Waals surface area contributed by atoms with Crippen LogP contribution in [0.1, 0.15) is 29.5 Å². The number of nitro groups is 1. The fourth-order valence-electron chi connectivity index (χ4n) is 2.14. The number of aryl methyl sites for hydroxylation is 2. The number of aromatic nitrogens is 2. The minimum Gasteiger partial charge on any atom is -0.311 e. The van der Waals surface area contributed by atoms with Crippen molar-refractivity contribution in [1.29, 1.82) is 0 Å². The van der Waals surface area contributed by atoms with Crippen molar-refractivity contribution in [3.05, 3.63) is 33.4 Å². The highest BCUT2D eigenvalue weighted by Crippen LogP contribution is 2.29. The average molecular weight is 222 g/mol. The minimum atomic E-state index is -0.777. The number of likely N-dealkylation sites (N-methyl/N-ethyl adjacent to an activating group) is 1. The largest absolute Gasteiger partial charge is 0.311 e. The van der Waals surface area contributed by atoms with Crippen molar-refractivity contribution in [2.45, 2.75) is 31.8 Å². The number of hydrogen-bond donors (Lipinski definition) is 1. The highest BCUT2D eigenvalue weighted by Gasteiger charge is 2.39. The Labute approximate surface area is 93.3 Å². The van der Waals surface area contributed by atoms with E-state index in [1.54, 1.807) is 20.2 Å². The Hall–Kier alpha value is -1.56. The Kier molecular flexibility index (Phi) is 2.82. The van der Waals surface area contributed by atoms with E-state index >= 15 is 0 Å². The van der Waals surface area contributed by atoms with Crippen LogP contribution in [0.15, 0.2) is 6.20 Å². The molecule has 0 bridgehead atoms. The van der Waals surface area contributed by atoms with Gasteiger partial charge < -0.3 is 5.32 Å². The molecule has 1 aliphatic rings. The molecule has 0 aliphatic heterocycles. The molecule has 1 heterocycles. The molecule has 0 saturated carbocycles. The number of fused-ring (bicyclic) bond motifs is 1. The van der Waals surface area contributed by atoms with Gasteiger partial charge in [0.15, 0.2) is 0 Å². The van der Waals surface area contributed by atoms with Gasteiger partial charge in [-0.3, -0.25) is 15.1 Å². The lowest BCUT2D eigenvalue weighted by Crippen LogP contribution is -2.40. The topological polar surface area (TPSA) is 81.0 Å². The Morgan fingerprint density at radius 3 is 3.00 bits per heavy atom. The van der Waals surface area contributed by atoms with E-state index in [9.17, 15) is 10.1 Å². The lowest BCUT2D eigenvalue weighted by Gasteiger charge is -2.25. The highest BCUT2D eigenvalue weighted by molar-refractivity contribution is 5.21. The van der Waals surface area contributed by atoms with Gasteiger partial charge in [-0.05, 0) is 26.8 Å². The zero-order valence-electron chi connectivity index (χ0n) is 9.30. The maximum Gasteiger partial charge on any atom is 0.271 e. The smallest absolute Gasteiger partial charge is 0.271 e. The molecule has 1 aromatic heterocycles. The molecule has 2 unspecified atom stereocenters. The van der Waals surface area contributed by atoms with Crippen molar-refractivity contribution in [3.63, 3.8) is 0 Å². The molecule has 1 aliphatic carbocycles. The molecule has 16 heavy (non-hydrogen) atoms. The fraction of sp³-hybridized carbons (Fsp3) is 0.600. The molecule has 0 aromatic carbocycles. The average Bonchev–Trinajstić information content (AvgIpc) is 2.26. The summed E-state index contributed by atoms with van der Waals surface area (Å²) in [7, 11) is 1.75. The second kappa shape index (κ2) is 4.13. The first-order valence-corrected chi connectivity index (χ1v) is 5.26. The summed E-state index contributed by atoms with van der Waals surface area (Å²) in [5.74, 6) is 0. The Bertz CT molecular complexity index is 421. The molecule has 6 heteroatoms. The molecule has 2 atom stereocenters. The molecular weight excluding hydrogens is 208 g/mol. The molecule has 2 rings (SSSR count). The first-order valence-electron chi connectivity index (χ1n) is 5.26. The first kappa shape index (κ1) is 10.9. The van der Waals surface area contributed by atoms with Gasteiger partial charge >= 0.3 is 0 Å². The van der Waals surface area contributed by atoms with Crippen molar-refractivity contribution in [1.82, 2.24) is 15.3 Å². The SMILES string of the molecule is CNC1CCc2ncc(C)nc2C1[N+](=O)[O-]. The van der Waals surface area contributed by atoms with E-state index in [4.69, 9.17) is 0 Å². The molecule has 0 amide bonds. The third-order valence-corrected chi connectivity index (χ3v) is 2.95. The maximum absolute atomic E-state index is 11.1. The van der Waals surface area contributed by atoms with Crippen LogP contribution in [0, 0.1) is 17.0 Å². The summed E-state index contributed by atoms with van der Waals surface area (Å²) < 4.78 is 0. The Balaban J connectivity index is 2.47. The van der Waals surface area contributed by atoms with Crippen LogP contribution in [-0.4, -0.2) is 28.0 Å². The van der Waals surface area contributed by atoms with E-state index in [0.29, 0.717) is 5.69 Å². The monoisotopic (exact) mass is 222 g/mol. The number of nitrogens with zero attached hydrogens (tertiary/aromatic N) is 3. The predicted octanol–water partition coefficient (Wildman–Crippen LogP) is 0.637. The number of rotatable bonds is 2. The minimum absolute atomic E-state index is 0.154. The van der Waals surface area contributed by atoms with Gasteiger partial charge in [0.1, 0.15) is 5.69 Å². The number of nitrogens with one attached hydrogen (secondary N) is 1. The van der Waals surface area contributed by atoms with E-state index in [0.717, 1.165) is 24.2 Å². The van der Waals surface area contributed by atoms with Gasteiger partial charge in [-0.25, -0.2) is 4.98 Å². The van der Waals surface area contributed by atoms with Gasteiger partial charge in [0.25, 0.3) is 6.04 Å². The van der Waals surface area contributed by atoms with Crippen LogP contribution in [0.3, 0.4) is 0 Å². The van der Waals surface area contributed by atoms with E-state index in [-0.39, 0.29) is 11.0 Å². The molecule has 1 N–H and O–H groups in total. The van der Waals surface area contributed by atoms with Gasteiger partial charge in [-0.15, -0.1) is 0 Å². The van der Waals surface area contributed by atoms with Crippen molar-refractivity contribution < 1.29 is 4.92 Å². The zero-order valence-corrected chi connectivity index (χ0v) is 9.30. The molecule has 0 spiro atoms. The lowest BCUT2D eigenvalue weighted by atomic mass is 9.91. The third kappa shape index (κ3) is 1.76. The second-order valence-corrected chi connectivity index (χ2v) is 4.01. The van der Waals surface area contributed by atoms with Crippen LogP contribution in [0.25, 0.3) is 0 Å². The van der Waals surface area contributed by atoms with Crippen LogP contribution in [-0.2, 0) is 6.42 Å². The van der Waals surface area contributed by atoms with Gasteiger partial charge in [-0.2, -0.15) is 0 Å². The zero-order chi connectivity index (χ0) is 11.7. The normalized spacial score (nSPS) is 23.9. The van der Waals surface area contributed by atoms with Gasteiger partial charge in [0.05, 0.1) is 17.4 Å². The standard InChI is InChI=1S/C10H14N4O2/c1-6-5-12-7-3-4-8(11-2)10(14(15)16)9(7)13-6/h5,8,10-11H,3-4H2,1-2H3. The van der Waals surface area contributed by atoms with Gasteiger partial charge in [0, 0.05) is 11.1 Å². The summed E-state index contributed by atoms with van der Waals surface area (Å²) in [5.41, 5.74) is 2.01. The molecule has 86 valence electrons. The molecule has 1 aromatic rings. The lowest BCUT2D eigenvalue weighted by molar-refractivity contribution is -0.535. The van der Waals surface area contributed by atoms with E-state index in [2.05, 4.69) is 15.3 Å². The highest BCUT2D eigenvalue weighted by atomic mass is 16.6. The molecule has 6 nitrogen and oxygen atoms in total. The van der Waals surface area contributed by atoms with Crippen LogP contribution in [0.4, 0.5) is 0 Å². The van der Waals surface area contributed by atoms with Crippen LogP contribution < -0.4 is 5.32 Å². The van der Waals surface area contributed by atoms with Crippen LogP contribution in [0.5, 0.6) is 0 Å². The van der Waals surface area contributed by atoms with Crippen LogP contribution in [0.2, 0.25) is 0 Å². The first-order chi connectivity index (χ1) is 7.63. The third-order valence-electron chi connectivity index (χ3n) is 2.95. The summed E-state index contributed by atoms with van der Waals surface area (Å²) in [6.07, 6.45) is 3.14. The maximum atomic E-state index is 11.1. The molecule has 0 radical (unpaired) electrons. The second-order valence-electron chi connectivity index (χ2n) is 4.01. The molecule has 0 fully saturated rings. The van der Waals surface area contributed by atoms with E-state index < -0.39 is 6.04 Å². The van der Waals surface area contributed by atoms with Gasteiger partial charge in [-0.1, -0.05) is 0 Å². The van der Waals surface area contributed by atoms with Crippen molar-refractivity contribution in [3.8, 4) is 0 Å². The molecular formula is C10H14N4O2. The van der Waals surface area contributed by atoms with Crippen molar-refractivity contribution >= 4 is 0 Å². The summed E-state index contributed by atoms with van der Waals surface area (Å²) >= 11 is 0. The predicted molar refractivity (Wildman–Crippen MR) is 57.7 cm³/mol. The Morgan fingerprint density at radius 2 is 2.38 bits per heavy atom. The van der Waals surface area contributed by atoms with E-state index in [1.165, 1.54) is 0 Å². The summed E-state index contributed by atoms with van der Waals surface area (Å²) in [6.45, 7) is 1.80.